The van der Waals surface area contributed by atoms with Crippen molar-refractivity contribution in [1.82, 2.24) is 5.32 Å². The van der Waals surface area contributed by atoms with Crippen LogP contribution in [0.3, 0.4) is 0 Å². The maximum absolute atomic E-state index is 9.63. The van der Waals surface area contributed by atoms with Gasteiger partial charge in [-0.1, -0.05) is 19.8 Å². The molecule has 0 amide bonds. The van der Waals surface area contributed by atoms with Crippen molar-refractivity contribution in [1.29, 1.82) is 0 Å². The van der Waals surface area contributed by atoms with E-state index >= 15 is 0 Å². The Morgan fingerprint density at radius 3 is 2.67 bits per heavy atom. The molecule has 1 aliphatic carbocycles. The lowest BCUT2D eigenvalue weighted by molar-refractivity contribution is -0.0792. The van der Waals surface area contributed by atoms with Crippen molar-refractivity contribution in [2.45, 2.75) is 70.4 Å². The average Bonchev–Trinajstić information content (AvgIpc) is 2.86. The fourth-order valence-corrected chi connectivity index (χ4v) is 3.43. The highest BCUT2D eigenvalue weighted by atomic mass is 16.5. The molecule has 0 aromatic carbocycles. The van der Waals surface area contributed by atoms with Gasteiger partial charge in [-0.05, 0) is 39.0 Å². The minimum atomic E-state index is 0.0535. The zero-order chi connectivity index (χ0) is 13.1. The van der Waals surface area contributed by atoms with Crippen LogP contribution in [-0.2, 0) is 4.74 Å². The number of hydrogen-bond acceptors (Lipinski definition) is 3. The first kappa shape index (κ1) is 14.3. The van der Waals surface area contributed by atoms with Crippen LogP contribution in [0.15, 0.2) is 0 Å². The Kier molecular flexibility index (Phi) is 4.68. The van der Waals surface area contributed by atoms with Crippen LogP contribution in [0.5, 0.6) is 0 Å². The summed E-state index contributed by atoms with van der Waals surface area (Å²) in [5.74, 6) is 0. The van der Waals surface area contributed by atoms with Crippen LogP contribution in [0, 0.1) is 5.41 Å². The second kappa shape index (κ2) is 5.89. The second-order valence-corrected chi connectivity index (χ2v) is 6.59. The molecule has 2 N–H and O–H groups in total. The van der Waals surface area contributed by atoms with Crippen molar-refractivity contribution < 1.29 is 9.84 Å². The minimum Gasteiger partial charge on any atom is -0.396 e. The molecule has 2 fully saturated rings. The first-order valence-corrected chi connectivity index (χ1v) is 7.60. The normalized spacial score (nSPS) is 35.8. The summed E-state index contributed by atoms with van der Waals surface area (Å²) in [6, 6.07) is 0.563. The van der Waals surface area contributed by atoms with Crippen LogP contribution in [0.2, 0.25) is 0 Å². The van der Waals surface area contributed by atoms with Crippen molar-refractivity contribution in [3.8, 4) is 0 Å². The fraction of sp³-hybridized carbons (Fsp3) is 1.00. The summed E-state index contributed by atoms with van der Waals surface area (Å²) in [6.45, 7) is 6.61. The van der Waals surface area contributed by atoms with Gasteiger partial charge in [-0.2, -0.15) is 0 Å². The molecule has 0 bridgehead atoms. The fourth-order valence-electron chi connectivity index (χ4n) is 3.43. The topological polar surface area (TPSA) is 41.5 Å². The number of ether oxygens (including phenoxy) is 1. The van der Waals surface area contributed by atoms with Gasteiger partial charge in [-0.25, -0.2) is 0 Å². The SMILES string of the molecule is CCC1(C)CC(NCC2(CO)CCCC2)CCO1. The predicted octanol–water partition coefficient (Wildman–Crippen LogP) is 2.48. The number of rotatable bonds is 5. The molecule has 3 nitrogen and oxygen atoms in total. The monoisotopic (exact) mass is 255 g/mol. The smallest absolute Gasteiger partial charge is 0.0666 e. The molecule has 1 saturated carbocycles. The van der Waals surface area contributed by atoms with Crippen LogP contribution >= 0.6 is 0 Å². The molecule has 2 unspecified atom stereocenters. The van der Waals surface area contributed by atoms with Crippen molar-refractivity contribution in [2.24, 2.45) is 5.41 Å². The summed E-state index contributed by atoms with van der Waals surface area (Å²) in [4.78, 5) is 0. The average molecular weight is 255 g/mol. The van der Waals surface area contributed by atoms with Crippen molar-refractivity contribution in [3.63, 3.8) is 0 Å². The first-order valence-electron chi connectivity index (χ1n) is 7.60. The van der Waals surface area contributed by atoms with Crippen LogP contribution < -0.4 is 5.32 Å². The van der Waals surface area contributed by atoms with Crippen LogP contribution in [-0.4, -0.2) is 36.5 Å². The van der Waals surface area contributed by atoms with Crippen molar-refractivity contribution in [2.75, 3.05) is 19.8 Å². The van der Waals surface area contributed by atoms with E-state index in [0.717, 1.165) is 32.4 Å². The molecular formula is C15H29NO2. The molecular weight excluding hydrogens is 226 g/mol. The quantitative estimate of drug-likeness (QED) is 0.793. The zero-order valence-electron chi connectivity index (χ0n) is 12.0. The minimum absolute atomic E-state index is 0.0535. The van der Waals surface area contributed by atoms with Gasteiger partial charge >= 0.3 is 0 Å². The standard InChI is InChI=1S/C15H29NO2/c1-3-14(2)10-13(6-9-18-14)16-11-15(12-17)7-4-5-8-15/h13,16-17H,3-12H2,1-2H3. The van der Waals surface area contributed by atoms with E-state index in [4.69, 9.17) is 4.74 Å². The molecule has 106 valence electrons. The highest BCUT2D eigenvalue weighted by Gasteiger charge is 2.36. The maximum Gasteiger partial charge on any atom is 0.0666 e. The largest absolute Gasteiger partial charge is 0.396 e. The maximum atomic E-state index is 9.63. The molecule has 1 saturated heterocycles. The van der Waals surface area contributed by atoms with E-state index in [1.807, 2.05) is 0 Å². The lowest BCUT2D eigenvalue weighted by Crippen LogP contribution is -2.48. The lowest BCUT2D eigenvalue weighted by Gasteiger charge is -2.39. The second-order valence-electron chi connectivity index (χ2n) is 6.59. The summed E-state index contributed by atoms with van der Waals surface area (Å²) >= 11 is 0. The van der Waals surface area contributed by atoms with E-state index in [-0.39, 0.29) is 11.0 Å². The summed E-state index contributed by atoms with van der Waals surface area (Å²) in [5.41, 5.74) is 0.221. The Morgan fingerprint density at radius 2 is 2.06 bits per heavy atom. The van der Waals surface area contributed by atoms with Crippen molar-refractivity contribution >= 4 is 0 Å². The molecule has 2 aliphatic rings. The molecule has 0 aromatic heterocycles. The van der Waals surface area contributed by atoms with Gasteiger partial charge in [0.1, 0.15) is 0 Å². The van der Waals surface area contributed by atoms with E-state index in [2.05, 4.69) is 19.2 Å². The zero-order valence-corrected chi connectivity index (χ0v) is 12.0. The molecule has 2 rings (SSSR count). The summed E-state index contributed by atoms with van der Waals surface area (Å²) in [7, 11) is 0. The molecule has 3 heteroatoms. The Morgan fingerprint density at radius 1 is 1.33 bits per heavy atom. The van der Waals surface area contributed by atoms with Gasteiger partial charge in [-0.15, -0.1) is 0 Å². The Labute approximate surface area is 111 Å². The summed E-state index contributed by atoms with van der Waals surface area (Å²) in [6.07, 6.45) is 8.22. The molecule has 2 atom stereocenters. The molecule has 1 heterocycles. The van der Waals surface area contributed by atoms with Crippen LogP contribution in [0.4, 0.5) is 0 Å². The number of aliphatic hydroxyl groups is 1. The van der Waals surface area contributed by atoms with E-state index in [1.165, 1.54) is 25.7 Å². The first-order chi connectivity index (χ1) is 8.61. The van der Waals surface area contributed by atoms with Gasteiger partial charge in [0.25, 0.3) is 0 Å². The predicted molar refractivity (Wildman–Crippen MR) is 73.7 cm³/mol. The third-order valence-electron chi connectivity index (χ3n) is 5.11. The molecule has 0 aromatic rings. The Balaban J connectivity index is 1.82. The lowest BCUT2D eigenvalue weighted by atomic mass is 9.85. The van der Waals surface area contributed by atoms with E-state index in [1.54, 1.807) is 0 Å². The Hall–Kier alpha value is -0.120. The van der Waals surface area contributed by atoms with E-state index in [9.17, 15) is 5.11 Å². The van der Waals surface area contributed by atoms with Crippen LogP contribution in [0.1, 0.15) is 58.8 Å². The third kappa shape index (κ3) is 3.25. The van der Waals surface area contributed by atoms with Gasteiger partial charge in [0.05, 0.1) is 5.60 Å². The summed E-state index contributed by atoms with van der Waals surface area (Å²) in [5, 5.41) is 13.3. The van der Waals surface area contributed by atoms with Gasteiger partial charge in [0, 0.05) is 31.2 Å². The van der Waals surface area contributed by atoms with Gasteiger partial charge < -0.3 is 15.2 Å². The van der Waals surface area contributed by atoms with Gasteiger partial charge in [0.15, 0.2) is 0 Å². The highest BCUT2D eigenvalue weighted by molar-refractivity contribution is 4.90. The highest BCUT2D eigenvalue weighted by Crippen LogP contribution is 2.37. The van der Waals surface area contributed by atoms with E-state index < -0.39 is 0 Å². The van der Waals surface area contributed by atoms with Crippen molar-refractivity contribution in [3.05, 3.63) is 0 Å². The Bertz CT molecular complexity index is 263. The summed E-state index contributed by atoms with van der Waals surface area (Å²) < 4.78 is 5.88. The number of hydrogen-bond donors (Lipinski definition) is 2. The van der Waals surface area contributed by atoms with E-state index in [0.29, 0.717) is 12.6 Å². The molecule has 0 spiro atoms. The molecule has 1 aliphatic heterocycles. The molecule has 18 heavy (non-hydrogen) atoms. The number of nitrogens with one attached hydrogen (secondary N) is 1. The number of aliphatic hydroxyl groups excluding tert-OH is 1. The third-order valence-corrected chi connectivity index (χ3v) is 5.11. The van der Waals surface area contributed by atoms with Crippen LogP contribution in [0.25, 0.3) is 0 Å². The van der Waals surface area contributed by atoms with Gasteiger partial charge in [-0.3, -0.25) is 0 Å². The molecule has 0 radical (unpaired) electrons. The van der Waals surface area contributed by atoms with Gasteiger partial charge in [0.2, 0.25) is 0 Å².